The molecule has 0 aromatic rings. The van der Waals surface area contributed by atoms with Gasteiger partial charge in [-0.1, -0.05) is 239 Å². The van der Waals surface area contributed by atoms with Crippen LogP contribution in [0.4, 0.5) is 0 Å². The molecule has 11 nitrogen and oxygen atoms in total. The Morgan fingerprint density at radius 3 is 1.27 bits per heavy atom. The van der Waals surface area contributed by atoms with E-state index in [9.17, 15) is 38.7 Å². The topological polar surface area (TPSA) is 183 Å². The molecule has 0 aromatic carbocycles. The van der Waals surface area contributed by atoms with Crippen molar-refractivity contribution < 1.29 is 48.2 Å². The molecule has 0 aromatic heterocycles. The second kappa shape index (κ2) is 41.1. The smallest absolute Gasteiger partial charge is 0.220 e. The molecular formula is C52H103NO10S. The fourth-order valence-electron chi connectivity index (χ4n) is 8.97. The van der Waals surface area contributed by atoms with Gasteiger partial charge in [0.1, 0.15) is 30.5 Å². The number of sulfone groups is 1. The molecule has 1 saturated heterocycles. The molecule has 0 unspecified atom stereocenters. The fraction of sp³-hybridized carbons (Fsp3) is 0.981. The predicted octanol–water partition coefficient (Wildman–Crippen LogP) is 10.9. The first-order chi connectivity index (χ1) is 31.0. The number of aliphatic hydroxyl groups excluding tert-OH is 5. The number of amides is 1. The van der Waals surface area contributed by atoms with Crippen molar-refractivity contribution >= 4 is 15.7 Å². The number of unbranched alkanes of at least 4 members (excludes halogenated alkanes) is 33. The van der Waals surface area contributed by atoms with E-state index in [0.29, 0.717) is 12.8 Å². The van der Waals surface area contributed by atoms with Gasteiger partial charge in [-0.2, -0.15) is 0 Å². The van der Waals surface area contributed by atoms with Crippen LogP contribution in [0, 0.1) is 0 Å². The van der Waals surface area contributed by atoms with Crippen LogP contribution in [-0.2, 0) is 24.1 Å². The molecule has 1 amide bonds. The van der Waals surface area contributed by atoms with E-state index >= 15 is 0 Å². The first-order valence-electron chi connectivity index (χ1n) is 27.1. The summed E-state index contributed by atoms with van der Waals surface area (Å²) in [6.07, 6.45) is 34.1. The molecule has 12 heteroatoms. The van der Waals surface area contributed by atoms with Crippen molar-refractivity contribution in [3.8, 4) is 0 Å². The fourth-order valence-corrected chi connectivity index (χ4v) is 9.98. The van der Waals surface area contributed by atoms with E-state index < -0.39 is 64.5 Å². The molecule has 1 rings (SSSR count). The molecule has 64 heavy (non-hydrogen) atoms. The van der Waals surface area contributed by atoms with E-state index in [0.717, 1.165) is 44.9 Å². The Balaban J connectivity index is 2.40. The highest BCUT2D eigenvalue weighted by Crippen LogP contribution is 2.25. The van der Waals surface area contributed by atoms with Crippen LogP contribution in [-0.4, -0.2) is 107 Å². The number of carbonyl (C=O) groups is 1. The summed E-state index contributed by atoms with van der Waals surface area (Å²) < 4.78 is 36.0. The van der Waals surface area contributed by atoms with Crippen molar-refractivity contribution in [2.75, 3.05) is 18.1 Å². The maximum absolute atomic E-state index is 13.1. The monoisotopic (exact) mass is 934 g/mol. The molecule has 1 heterocycles. The molecular weight excluding hydrogens is 831 g/mol. The second-order valence-corrected chi connectivity index (χ2v) is 21.9. The number of carbonyl (C=O) groups excluding carboxylic acids is 1. The van der Waals surface area contributed by atoms with Crippen molar-refractivity contribution in [3.63, 3.8) is 0 Å². The van der Waals surface area contributed by atoms with Gasteiger partial charge in [0.2, 0.25) is 5.91 Å². The summed E-state index contributed by atoms with van der Waals surface area (Å²) in [5, 5.41) is 56.7. The SMILES string of the molecule is CCCCCCCCCCCCCCCCCCCCCCCCCC(=O)N[C@@H](CO[C@H]1O[C@H](CS(=O)(=O)CC)[C@H](O)[C@H](O)[C@H]1O)[C@H](O)[C@H](O)CCCCCCCCCCCCCC. The number of rotatable bonds is 46. The van der Waals surface area contributed by atoms with Gasteiger partial charge in [-0.3, -0.25) is 4.79 Å². The minimum absolute atomic E-state index is 0.194. The Hall–Kier alpha value is -0.860. The summed E-state index contributed by atoms with van der Waals surface area (Å²) in [5.41, 5.74) is 0. The summed E-state index contributed by atoms with van der Waals surface area (Å²) in [4.78, 5) is 13.1. The highest BCUT2D eigenvalue weighted by atomic mass is 32.2. The average molecular weight is 934 g/mol. The first-order valence-corrected chi connectivity index (χ1v) is 29.0. The van der Waals surface area contributed by atoms with Crippen molar-refractivity contribution in [1.82, 2.24) is 5.32 Å². The summed E-state index contributed by atoms with van der Waals surface area (Å²) >= 11 is 0. The Morgan fingerprint density at radius 1 is 0.531 bits per heavy atom. The van der Waals surface area contributed by atoms with Gasteiger partial charge in [-0.25, -0.2) is 8.42 Å². The number of ether oxygens (including phenoxy) is 2. The molecule has 8 atom stereocenters. The maximum Gasteiger partial charge on any atom is 0.220 e. The van der Waals surface area contributed by atoms with Gasteiger partial charge in [0.25, 0.3) is 0 Å². The van der Waals surface area contributed by atoms with Gasteiger partial charge < -0.3 is 40.3 Å². The van der Waals surface area contributed by atoms with E-state index in [1.54, 1.807) is 0 Å². The summed E-state index contributed by atoms with van der Waals surface area (Å²) in [6.45, 7) is 5.60. The first kappa shape index (κ1) is 61.2. The second-order valence-electron chi connectivity index (χ2n) is 19.5. The molecule has 0 spiro atoms. The van der Waals surface area contributed by atoms with Gasteiger partial charge in [0, 0.05) is 12.2 Å². The number of aliphatic hydroxyl groups is 5. The molecule has 0 aliphatic carbocycles. The van der Waals surface area contributed by atoms with Crippen LogP contribution in [0.1, 0.15) is 258 Å². The molecule has 0 radical (unpaired) electrons. The molecule has 6 N–H and O–H groups in total. The lowest BCUT2D eigenvalue weighted by Gasteiger charge is -2.40. The summed E-state index contributed by atoms with van der Waals surface area (Å²) in [6, 6.07) is -1.05. The van der Waals surface area contributed by atoms with Gasteiger partial charge >= 0.3 is 0 Å². The van der Waals surface area contributed by atoms with Crippen molar-refractivity contribution in [3.05, 3.63) is 0 Å². The summed E-state index contributed by atoms with van der Waals surface area (Å²) in [7, 11) is -3.61. The highest BCUT2D eigenvalue weighted by Gasteiger charge is 2.46. The Kier molecular flexibility index (Phi) is 39.3. The minimum atomic E-state index is -3.61. The van der Waals surface area contributed by atoms with Gasteiger partial charge in [-0.05, 0) is 12.8 Å². The largest absolute Gasteiger partial charge is 0.390 e. The lowest BCUT2D eigenvalue weighted by Crippen LogP contribution is -2.60. The Bertz CT molecular complexity index is 1160. The molecule has 1 aliphatic heterocycles. The summed E-state index contributed by atoms with van der Waals surface area (Å²) in [5.74, 6) is -1.06. The van der Waals surface area contributed by atoms with Gasteiger partial charge in [0.05, 0.1) is 24.5 Å². The van der Waals surface area contributed by atoms with Gasteiger partial charge in [-0.15, -0.1) is 0 Å². The van der Waals surface area contributed by atoms with Crippen molar-refractivity contribution in [2.24, 2.45) is 0 Å². The maximum atomic E-state index is 13.1. The zero-order valence-electron chi connectivity index (χ0n) is 41.6. The van der Waals surface area contributed by atoms with Crippen LogP contribution in [0.2, 0.25) is 0 Å². The van der Waals surface area contributed by atoms with E-state index in [4.69, 9.17) is 9.47 Å². The van der Waals surface area contributed by atoms with E-state index in [-0.39, 0.29) is 24.7 Å². The number of hydrogen-bond donors (Lipinski definition) is 6. The minimum Gasteiger partial charge on any atom is -0.390 e. The van der Waals surface area contributed by atoms with E-state index in [1.807, 2.05) is 0 Å². The average Bonchev–Trinajstić information content (AvgIpc) is 3.28. The van der Waals surface area contributed by atoms with Gasteiger partial charge in [0.15, 0.2) is 16.1 Å². The van der Waals surface area contributed by atoms with E-state index in [2.05, 4.69) is 19.2 Å². The standard InChI is InChI=1S/C52H103NO10S/c1-4-7-9-11-13-15-17-19-20-21-22-23-24-25-26-27-28-29-31-33-35-37-39-41-47(55)53-44(42-62-52-51(59)50(58)49(57)46(63-52)43-64(60,61)6-3)48(56)45(54)40-38-36-34-32-30-18-16-14-12-10-8-5-2/h44-46,48-52,54,56-59H,4-43H2,1-3H3,(H,53,55)/t44-,45+,46+,48-,49-,50-,51+,52-/m0/s1. The van der Waals surface area contributed by atoms with Crippen LogP contribution in [0.15, 0.2) is 0 Å². The lowest BCUT2D eigenvalue weighted by atomic mass is 9.98. The molecule has 1 fully saturated rings. The Labute approximate surface area is 393 Å². The third-order valence-corrected chi connectivity index (χ3v) is 15.2. The van der Waals surface area contributed by atoms with Crippen molar-refractivity contribution in [1.29, 1.82) is 0 Å². The zero-order valence-corrected chi connectivity index (χ0v) is 42.4. The normalized spacial score (nSPS) is 20.7. The van der Waals surface area contributed by atoms with Crippen LogP contribution < -0.4 is 5.32 Å². The number of nitrogens with one attached hydrogen (secondary N) is 1. The highest BCUT2D eigenvalue weighted by molar-refractivity contribution is 7.91. The molecule has 1 aliphatic rings. The lowest BCUT2D eigenvalue weighted by molar-refractivity contribution is -0.294. The van der Waals surface area contributed by atoms with Crippen LogP contribution in [0.3, 0.4) is 0 Å². The third kappa shape index (κ3) is 32.0. The molecule has 0 bridgehead atoms. The Morgan fingerprint density at radius 2 is 0.891 bits per heavy atom. The molecule has 0 saturated carbocycles. The van der Waals surface area contributed by atoms with Crippen LogP contribution in [0.5, 0.6) is 0 Å². The third-order valence-electron chi connectivity index (χ3n) is 13.5. The number of hydrogen-bond acceptors (Lipinski definition) is 10. The van der Waals surface area contributed by atoms with Crippen LogP contribution >= 0.6 is 0 Å². The molecule has 382 valence electrons. The predicted molar refractivity (Wildman–Crippen MR) is 263 cm³/mol. The quantitative estimate of drug-likeness (QED) is 0.0321. The van der Waals surface area contributed by atoms with Crippen molar-refractivity contribution in [2.45, 2.75) is 307 Å². The van der Waals surface area contributed by atoms with E-state index in [1.165, 1.54) is 180 Å². The zero-order chi connectivity index (χ0) is 47.1. The van der Waals surface area contributed by atoms with Crippen LogP contribution in [0.25, 0.3) is 0 Å².